The Balaban J connectivity index is 1.41. The number of nitrogens with one attached hydrogen (secondary N) is 2. The molecule has 3 heterocycles. The molecule has 1 atom stereocenters. The molecule has 0 radical (unpaired) electrons. The van der Waals surface area contributed by atoms with Crippen molar-refractivity contribution < 1.29 is 9.53 Å². The molecule has 0 unspecified atom stereocenters. The van der Waals surface area contributed by atoms with Gasteiger partial charge in [0.15, 0.2) is 0 Å². The van der Waals surface area contributed by atoms with Crippen molar-refractivity contribution in [2.45, 2.75) is 43.7 Å². The van der Waals surface area contributed by atoms with E-state index in [2.05, 4.69) is 27.3 Å². The minimum atomic E-state index is -0.172. The number of hydrogen-bond donors (Lipinski definition) is 2. The van der Waals surface area contributed by atoms with E-state index < -0.39 is 0 Å². The van der Waals surface area contributed by atoms with Crippen LogP contribution in [0.2, 0.25) is 10.0 Å². The maximum atomic E-state index is 13.5. The molecule has 0 bridgehead atoms. The number of aromatic nitrogens is 1. The van der Waals surface area contributed by atoms with Gasteiger partial charge in [-0.2, -0.15) is 0 Å². The number of amides is 1. The van der Waals surface area contributed by atoms with Crippen LogP contribution in [0.15, 0.2) is 48.7 Å². The lowest BCUT2D eigenvalue weighted by Gasteiger charge is -2.38. The van der Waals surface area contributed by atoms with Gasteiger partial charge in [0, 0.05) is 54.4 Å². The number of fused-ring (bicyclic) bond motifs is 1. The van der Waals surface area contributed by atoms with Crippen molar-refractivity contribution in [1.82, 2.24) is 15.2 Å². The Morgan fingerprint density at radius 3 is 2.67 bits per heavy atom. The Kier molecular flexibility index (Phi) is 6.66. The first kappa shape index (κ1) is 22.7. The Hall–Kier alpha value is -2.05. The summed E-state index contributed by atoms with van der Waals surface area (Å²) >= 11 is 12.7. The number of nitrogens with zero attached hydrogens (tertiary/aromatic N) is 1. The molecule has 2 fully saturated rings. The van der Waals surface area contributed by atoms with Gasteiger partial charge in [-0.25, -0.2) is 0 Å². The number of rotatable bonds is 6. The summed E-state index contributed by atoms with van der Waals surface area (Å²) in [7, 11) is 0. The molecule has 2 saturated heterocycles. The summed E-state index contributed by atoms with van der Waals surface area (Å²) < 4.78 is 7.81. The van der Waals surface area contributed by atoms with E-state index in [9.17, 15) is 4.79 Å². The lowest BCUT2D eigenvalue weighted by atomic mass is 9.74. The summed E-state index contributed by atoms with van der Waals surface area (Å²) in [5, 5.41) is 8.92. The third-order valence-corrected chi connectivity index (χ3v) is 7.74. The summed E-state index contributed by atoms with van der Waals surface area (Å²) in [5.74, 6) is -0.0916. The standard InChI is InChI=1S/C26H29Cl2N3O2/c27-19-8-6-18(7-9-19)26(10-13-33-14-11-26)17-30-25(32)21-16-31(15-20-3-2-12-29-20)23-5-1-4-22(28)24(21)23/h1,4-9,16,20,29H,2-3,10-15,17H2,(H,30,32)/t20-/m0/s1. The number of halogens is 2. The van der Waals surface area contributed by atoms with Crippen LogP contribution in [0.25, 0.3) is 10.9 Å². The van der Waals surface area contributed by atoms with E-state index >= 15 is 0 Å². The number of benzene rings is 2. The number of carbonyl (C=O) groups is 1. The molecule has 5 nitrogen and oxygen atoms in total. The lowest BCUT2D eigenvalue weighted by molar-refractivity contribution is 0.0487. The van der Waals surface area contributed by atoms with Gasteiger partial charge in [0.1, 0.15) is 0 Å². The second-order valence-electron chi connectivity index (χ2n) is 9.20. The molecule has 1 aromatic heterocycles. The highest BCUT2D eigenvalue weighted by Gasteiger charge is 2.35. The lowest BCUT2D eigenvalue weighted by Crippen LogP contribution is -2.44. The van der Waals surface area contributed by atoms with Crippen molar-refractivity contribution >= 4 is 40.0 Å². The molecule has 2 N–H and O–H groups in total. The zero-order valence-corrected chi connectivity index (χ0v) is 20.1. The third kappa shape index (κ3) is 4.65. The fraction of sp³-hybridized carbons (Fsp3) is 0.423. The molecule has 0 aliphatic carbocycles. The number of carbonyl (C=O) groups excluding carboxylic acids is 1. The minimum absolute atomic E-state index is 0.0916. The quantitative estimate of drug-likeness (QED) is 0.505. The van der Waals surface area contributed by atoms with Crippen molar-refractivity contribution in [2.75, 3.05) is 26.3 Å². The van der Waals surface area contributed by atoms with Crippen LogP contribution in [0.4, 0.5) is 0 Å². The van der Waals surface area contributed by atoms with Crippen LogP contribution in [-0.4, -0.2) is 42.8 Å². The van der Waals surface area contributed by atoms with Gasteiger partial charge in [0.2, 0.25) is 0 Å². The van der Waals surface area contributed by atoms with Gasteiger partial charge in [-0.1, -0.05) is 41.4 Å². The number of ether oxygens (including phenoxy) is 1. The van der Waals surface area contributed by atoms with E-state index in [-0.39, 0.29) is 11.3 Å². The van der Waals surface area contributed by atoms with Crippen molar-refractivity contribution in [3.8, 4) is 0 Å². The van der Waals surface area contributed by atoms with Gasteiger partial charge in [0.05, 0.1) is 16.1 Å². The average molecular weight is 486 g/mol. The van der Waals surface area contributed by atoms with Crippen molar-refractivity contribution in [2.24, 2.45) is 0 Å². The maximum absolute atomic E-state index is 13.5. The van der Waals surface area contributed by atoms with Crippen LogP contribution < -0.4 is 10.6 Å². The van der Waals surface area contributed by atoms with Crippen LogP contribution in [0.3, 0.4) is 0 Å². The SMILES string of the molecule is O=C(NCC1(c2ccc(Cl)cc2)CCOCC1)c1cn(C[C@@H]2CCCN2)c2cccc(Cl)c12. The normalized spacial score (nSPS) is 20.2. The third-order valence-electron chi connectivity index (χ3n) is 7.17. The topological polar surface area (TPSA) is 55.3 Å². The van der Waals surface area contributed by atoms with Crippen LogP contribution in [-0.2, 0) is 16.7 Å². The average Bonchev–Trinajstić information content (AvgIpc) is 3.48. The summed E-state index contributed by atoms with van der Waals surface area (Å²) in [6.45, 7) is 3.78. The van der Waals surface area contributed by atoms with Gasteiger partial charge in [-0.15, -0.1) is 0 Å². The molecule has 5 rings (SSSR count). The Morgan fingerprint density at radius 1 is 1.15 bits per heavy atom. The van der Waals surface area contributed by atoms with Crippen LogP contribution in [0, 0.1) is 0 Å². The fourth-order valence-corrected chi connectivity index (χ4v) is 5.66. The first-order valence-electron chi connectivity index (χ1n) is 11.7. The van der Waals surface area contributed by atoms with E-state index in [1.165, 1.54) is 12.0 Å². The fourth-order valence-electron chi connectivity index (χ4n) is 5.26. The molecule has 7 heteroatoms. The van der Waals surface area contributed by atoms with Crippen LogP contribution in [0.1, 0.15) is 41.6 Å². The first-order valence-corrected chi connectivity index (χ1v) is 12.4. The van der Waals surface area contributed by atoms with Gasteiger partial charge < -0.3 is 19.9 Å². The van der Waals surface area contributed by atoms with E-state index in [0.29, 0.717) is 41.4 Å². The molecular weight excluding hydrogens is 457 g/mol. The largest absolute Gasteiger partial charge is 0.381 e. The Labute approximate surface area is 204 Å². The monoisotopic (exact) mass is 485 g/mol. The summed E-state index contributed by atoms with van der Waals surface area (Å²) in [5.41, 5.74) is 2.64. The molecule has 2 aliphatic heterocycles. The van der Waals surface area contributed by atoms with Crippen molar-refractivity contribution in [1.29, 1.82) is 0 Å². The predicted octanol–water partition coefficient (Wildman–Crippen LogP) is 5.18. The second-order valence-corrected chi connectivity index (χ2v) is 10.0. The molecule has 0 saturated carbocycles. The Morgan fingerprint density at radius 2 is 1.94 bits per heavy atom. The molecule has 174 valence electrons. The smallest absolute Gasteiger partial charge is 0.253 e. The van der Waals surface area contributed by atoms with Gasteiger partial charge in [-0.3, -0.25) is 4.79 Å². The number of hydrogen-bond acceptors (Lipinski definition) is 3. The van der Waals surface area contributed by atoms with Crippen LogP contribution in [0.5, 0.6) is 0 Å². The summed E-state index contributed by atoms with van der Waals surface area (Å²) in [4.78, 5) is 13.5. The predicted molar refractivity (Wildman–Crippen MR) is 133 cm³/mol. The van der Waals surface area contributed by atoms with E-state index in [1.54, 1.807) is 0 Å². The second kappa shape index (κ2) is 9.67. The molecule has 3 aromatic rings. The highest BCUT2D eigenvalue weighted by molar-refractivity contribution is 6.36. The summed E-state index contributed by atoms with van der Waals surface area (Å²) in [6.07, 6.45) is 6.00. The molecule has 2 aromatic carbocycles. The highest BCUT2D eigenvalue weighted by atomic mass is 35.5. The highest BCUT2D eigenvalue weighted by Crippen LogP contribution is 2.35. The van der Waals surface area contributed by atoms with Gasteiger partial charge >= 0.3 is 0 Å². The Bertz CT molecular complexity index is 1130. The molecule has 1 amide bonds. The molecule has 33 heavy (non-hydrogen) atoms. The van der Waals surface area contributed by atoms with Crippen LogP contribution >= 0.6 is 23.2 Å². The van der Waals surface area contributed by atoms with E-state index in [0.717, 1.165) is 43.3 Å². The van der Waals surface area contributed by atoms with Crippen molar-refractivity contribution in [3.63, 3.8) is 0 Å². The molecular formula is C26H29Cl2N3O2. The molecule has 2 aliphatic rings. The van der Waals surface area contributed by atoms with E-state index in [1.807, 2.05) is 36.5 Å². The minimum Gasteiger partial charge on any atom is -0.381 e. The zero-order valence-electron chi connectivity index (χ0n) is 18.6. The molecule has 0 spiro atoms. The summed E-state index contributed by atoms with van der Waals surface area (Å²) in [6, 6.07) is 14.2. The van der Waals surface area contributed by atoms with Gasteiger partial charge in [-0.05, 0) is 62.1 Å². The first-order chi connectivity index (χ1) is 16.1. The zero-order chi connectivity index (χ0) is 22.8. The maximum Gasteiger partial charge on any atom is 0.253 e. The van der Waals surface area contributed by atoms with Gasteiger partial charge in [0.25, 0.3) is 5.91 Å². The van der Waals surface area contributed by atoms with E-state index in [4.69, 9.17) is 27.9 Å². The van der Waals surface area contributed by atoms with Crippen molar-refractivity contribution in [3.05, 3.63) is 69.8 Å².